The van der Waals surface area contributed by atoms with Gasteiger partial charge in [0.25, 0.3) is 0 Å². The topological polar surface area (TPSA) is 95.9 Å². The number of ether oxygens (including phenoxy) is 1. The van der Waals surface area contributed by atoms with Gasteiger partial charge in [0.1, 0.15) is 6.10 Å². The molecule has 0 aliphatic rings. The lowest BCUT2D eigenvalue weighted by molar-refractivity contribution is -0.150. The summed E-state index contributed by atoms with van der Waals surface area (Å²) in [6.07, 6.45) is 71.2. The molecule has 0 aromatic rings. The molecule has 3 atom stereocenters. The number of aliphatic hydroxyl groups is 2. The zero-order chi connectivity index (χ0) is 49.5. The molecule has 0 fully saturated rings. The zero-order valence-corrected chi connectivity index (χ0v) is 45.0. The van der Waals surface area contributed by atoms with Crippen LogP contribution in [0.3, 0.4) is 0 Å². The lowest BCUT2D eigenvalue weighted by Crippen LogP contribution is -2.46. The molecule has 0 saturated carbocycles. The Morgan fingerprint density at radius 2 is 0.824 bits per heavy atom. The summed E-state index contributed by atoms with van der Waals surface area (Å²) in [6, 6.07) is -0.738. The highest BCUT2D eigenvalue weighted by molar-refractivity contribution is 5.77. The van der Waals surface area contributed by atoms with Crippen molar-refractivity contribution in [1.29, 1.82) is 0 Å². The molecule has 0 bridgehead atoms. The van der Waals surface area contributed by atoms with Gasteiger partial charge in [-0.2, -0.15) is 0 Å². The SMILES string of the molecule is CCCCC/C=C\C/C=C\C/C=C\C/C=C\CC(CC(=O)NC(CO)C(O)CCCCCCCCCCCCCCCCCC)OC(=O)CCCCCCC/C=C/C=C/CCCCCCCCC. The molecule has 0 aromatic heterocycles. The van der Waals surface area contributed by atoms with Gasteiger partial charge in [-0.1, -0.05) is 267 Å². The van der Waals surface area contributed by atoms with E-state index in [0.29, 0.717) is 19.3 Å². The van der Waals surface area contributed by atoms with E-state index in [1.54, 1.807) is 0 Å². The molecule has 394 valence electrons. The summed E-state index contributed by atoms with van der Waals surface area (Å²) >= 11 is 0. The summed E-state index contributed by atoms with van der Waals surface area (Å²) in [6.45, 7) is 6.44. The number of carbonyl (C=O) groups is 2. The smallest absolute Gasteiger partial charge is 0.306 e. The van der Waals surface area contributed by atoms with Crippen molar-refractivity contribution in [1.82, 2.24) is 5.32 Å². The van der Waals surface area contributed by atoms with Crippen LogP contribution >= 0.6 is 0 Å². The number of aliphatic hydroxyl groups excluding tert-OH is 2. The van der Waals surface area contributed by atoms with Crippen molar-refractivity contribution in [3.63, 3.8) is 0 Å². The first kappa shape index (κ1) is 65.3. The fraction of sp³-hybridized carbons (Fsp3) is 0.774. The molecule has 3 N–H and O–H groups in total. The number of allylic oxidation sites excluding steroid dienone is 11. The van der Waals surface area contributed by atoms with Crippen molar-refractivity contribution in [2.24, 2.45) is 0 Å². The zero-order valence-electron chi connectivity index (χ0n) is 45.0. The van der Waals surface area contributed by atoms with E-state index >= 15 is 0 Å². The second-order valence-corrected chi connectivity index (χ2v) is 19.7. The first-order valence-electron chi connectivity index (χ1n) is 29.2. The normalized spacial score (nSPS) is 13.7. The first-order valence-corrected chi connectivity index (χ1v) is 29.2. The number of nitrogens with one attached hydrogen (secondary N) is 1. The van der Waals surface area contributed by atoms with Crippen molar-refractivity contribution in [2.45, 2.75) is 302 Å². The largest absolute Gasteiger partial charge is 0.461 e. The van der Waals surface area contributed by atoms with Crippen molar-refractivity contribution in [3.05, 3.63) is 72.9 Å². The Morgan fingerprint density at radius 3 is 1.29 bits per heavy atom. The van der Waals surface area contributed by atoms with Gasteiger partial charge in [-0.05, 0) is 70.6 Å². The van der Waals surface area contributed by atoms with Crippen LogP contribution in [-0.4, -0.2) is 46.9 Å². The summed E-state index contributed by atoms with van der Waals surface area (Å²) < 4.78 is 5.89. The van der Waals surface area contributed by atoms with E-state index in [1.807, 2.05) is 6.08 Å². The second-order valence-electron chi connectivity index (χ2n) is 19.7. The molecule has 6 heteroatoms. The Bertz CT molecular complexity index is 1250. The highest BCUT2D eigenvalue weighted by atomic mass is 16.5. The lowest BCUT2D eigenvalue weighted by Gasteiger charge is -2.24. The van der Waals surface area contributed by atoms with Gasteiger partial charge in [0, 0.05) is 12.8 Å². The van der Waals surface area contributed by atoms with E-state index in [9.17, 15) is 19.8 Å². The number of rotatable bonds is 52. The molecule has 6 nitrogen and oxygen atoms in total. The molecular weight excluding hydrogens is 839 g/mol. The first-order chi connectivity index (χ1) is 33.5. The highest BCUT2D eigenvalue weighted by Crippen LogP contribution is 2.17. The van der Waals surface area contributed by atoms with Crippen LogP contribution in [0.5, 0.6) is 0 Å². The maximum absolute atomic E-state index is 13.2. The summed E-state index contributed by atoms with van der Waals surface area (Å²) in [4.78, 5) is 26.2. The van der Waals surface area contributed by atoms with Gasteiger partial charge in [0.2, 0.25) is 5.91 Å². The second kappa shape index (κ2) is 55.2. The van der Waals surface area contributed by atoms with E-state index in [4.69, 9.17) is 4.74 Å². The van der Waals surface area contributed by atoms with Gasteiger partial charge in [0.15, 0.2) is 0 Å². The summed E-state index contributed by atoms with van der Waals surface area (Å²) in [7, 11) is 0. The van der Waals surface area contributed by atoms with Crippen LogP contribution in [0.4, 0.5) is 0 Å². The van der Waals surface area contributed by atoms with E-state index in [-0.39, 0.29) is 24.9 Å². The molecule has 0 aromatic carbocycles. The van der Waals surface area contributed by atoms with E-state index in [1.165, 1.54) is 161 Å². The molecule has 1 amide bonds. The summed E-state index contributed by atoms with van der Waals surface area (Å²) in [5, 5.41) is 23.8. The van der Waals surface area contributed by atoms with Crippen molar-refractivity contribution >= 4 is 11.9 Å². The molecule has 0 rings (SSSR count). The van der Waals surface area contributed by atoms with Crippen LogP contribution in [0.1, 0.15) is 284 Å². The fourth-order valence-corrected chi connectivity index (χ4v) is 8.58. The molecule has 0 radical (unpaired) electrons. The maximum Gasteiger partial charge on any atom is 0.306 e. The quantitative estimate of drug-likeness (QED) is 0.0244. The lowest BCUT2D eigenvalue weighted by atomic mass is 10.0. The third-order valence-corrected chi connectivity index (χ3v) is 13.0. The molecule has 0 spiro atoms. The molecule has 0 aliphatic heterocycles. The average Bonchev–Trinajstić information content (AvgIpc) is 3.33. The number of hydrogen-bond donors (Lipinski definition) is 3. The standard InChI is InChI=1S/C62H111NO5/c1-4-7-10-13-16-19-22-25-28-30-31-34-37-40-43-46-49-52-55-62(67)68-58(53-50-47-44-41-38-35-32-27-24-21-18-15-12-9-6-3)56-61(66)63-59(57-64)60(65)54-51-48-45-42-39-36-33-29-26-23-20-17-14-11-8-5-2/h18,21,27-28,30-32,34,38,41,47,50,58-60,64-65H,4-17,19-20,22-26,29,33,35-37,39-40,42-46,48-49,51-57H2,1-3H3,(H,63,66)/b21-18-,30-28+,32-27-,34-31+,41-38-,50-47-. The van der Waals surface area contributed by atoms with Crippen molar-refractivity contribution in [3.8, 4) is 0 Å². The number of amides is 1. The molecule has 68 heavy (non-hydrogen) atoms. The Kier molecular flexibility index (Phi) is 53.0. The monoisotopic (exact) mass is 950 g/mol. The Hall–Kier alpha value is -2.70. The fourth-order valence-electron chi connectivity index (χ4n) is 8.58. The third-order valence-electron chi connectivity index (χ3n) is 13.0. The third kappa shape index (κ3) is 49.7. The minimum atomic E-state index is -0.817. The average molecular weight is 951 g/mol. The Morgan fingerprint density at radius 1 is 0.456 bits per heavy atom. The predicted molar refractivity (Wildman–Crippen MR) is 296 cm³/mol. The van der Waals surface area contributed by atoms with Crippen LogP contribution in [0.2, 0.25) is 0 Å². The van der Waals surface area contributed by atoms with Gasteiger partial charge < -0.3 is 20.3 Å². The van der Waals surface area contributed by atoms with Gasteiger partial charge in [-0.3, -0.25) is 9.59 Å². The molecule has 0 aliphatic carbocycles. The highest BCUT2D eigenvalue weighted by Gasteiger charge is 2.23. The van der Waals surface area contributed by atoms with Gasteiger partial charge in [-0.25, -0.2) is 0 Å². The van der Waals surface area contributed by atoms with Crippen LogP contribution < -0.4 is 5.32 Å². The van der Waals surface area contributed by atoms with E-state index < -0.39 is 18.2 Å². The van der Waals surface area contributed by atoms with Gasteiger partial charge in [-0.15, -0.1) is 0 Å². The minimum Gasteiger partial charge on any atom is -0.461 e. The predicted octanol–water partition coefficient (Wildman–Crippen LogP) is 18.1. The van der Waals surface area contributed by atoms with Gasteiger partial charge in [0.05, 0.1) is 25.2 Å². The maximum atomic E-state index is 13.2. The van der Waals surface area contributed by atoms with Crippen LogP contribution in [0.25, 0.3) is 0 Å². The van der Waals surface area contributed by atoms with E-state index in [0.717, 1.165) is 77.0 Å². The van der Waals surface area contributed by atoms with Crippen LogP contribution in [0.15, 0.2) is 72.9 Å². The van der Waals surface area contributed by atoms with Gasteiger partial charge >= 0.3 is 5.97 Å². The number of esters is 1. The Balaban J connectivity index is 4.67. The molecule has 0 saturated heterocycles. The number of hydrogen-bond acceptors (Lipinski definition) is 5. The summed E-state index contributed by atoms with van der Waals surface area (Å²) in [5.41, 5.74) is 0. The number of unbranched alkanes of at least 4 members (excludes halogenated alkanes) is 30. The summed E-state index contributed by atoms with van der Waals surface area (Å²) in [5.74, 6) is -0.589. The van der Waals surface area contributed by atoms with Crippen LogP contribution in [0, 0.1) is 0 Å². The van der Waals surface area contributed by atoms with E-state index in [2.05, 4.69) is 92.9 Å². The molecular formula is C62H111NO5. The minimum absolute atomic E-state index is 0.00609. The molecule has 0 heterocycles. The molecule has 3 unspecified atom stereocenters. The number of carbonyl (C=O) groups excluding carboxylic acids is 2. The van der Waals surface area contributed by atoms with Crippen molar-refractivity contribution in [2.75, 3.05) is 6.61 Å². The van der Waals surface area contributed by atoms with Crippen molar-refractivity contribution < 1.29 is 24.5 Å². The Labute approximate surface area is 421 Å². The van der Waals surface area contributed by atoms with Crippen LogP contribution in [-0.2, 0) is 14.3 Å².